The molecule has 2 aromatic rings. The van der Waals surface area contributed by atoms with E-state index in [2.05, 4.69) is 11.9 Å². The van der Waals surface area contributed by atoms with Crippen LogP contribution in [0.4, 0.5) is 5.69 Å². The van der Waals surface area contributed by atoms with E-state index in [4.69, 9.17) is 0 Å². The van der Waals surface area contributed by atoms with Gasteiger partial charge in [0.15, 0.2) is 11.6 Å². The van der Waals surface area contributed by atoms with Crippen molar-refractivity contribution in [2.45, 2.75) is 12.8 Å². The van der Waals surface area contributed by atoms with Crippen molar-refractivity contribution >= 4 is 22.8 Å². The van der Waals surface area contributed by atoms with Crippen LogP contribution in [0, 0.1) is 0 Å². The molecular weight excluding hydrogens is 274 g/mol. The molecule has 2 rings (SSSR count). The van der Waals surface area contributed by atoms with Crippen molar-refractivity contribution in [2.75, 3.05) is 12.4 Å². The third kappa shape index (κ3) is 3.70. The Morgan fingerprint density at radius 3 is 2.27 bits per heavy atom. The molecule has 0 heterocycles. The molecule has 3 heteroatoms. The summed E-state index contributed by atoms with van der Waals surface area (Å²) >= 11 is 0. The van der Waals surface area contributed by atoms with Gasteiger partial charge in [-0.1, -0.05) is 55.1 Å². The number of para-hydroxylation sites is 1. The fraction of sp³-hybridized carbons (Fsp3) is 0.158. The van der Waals surface area contributed by atoms with Gasteiger partial charge in [0, 0.05) is 42.3 Å². The Labute approximate surface area is 130 Å². The second-order valence-electron chi connectivity index (χ2n) is 4.99. The highest BCUT2D eigenvalue weighted by atomic mass is 16.1. The molecule has 0 aromatic heterocycles. The summed E-state index contributed by atoms with van der Waals surface area (Å²) in [7, 11) is 1.80. The van der Waals surface area contributed by atoms with E-state index in [1.807, 2.05) is 42.5 Å². The standard InChI is InChI=1S/C19H19NO2/c1-14(16-10-6-7-11-17(16)20-2)18(21)12-13-19(22)15-8-4-3-5-9-15/h3-11,20H,1,12-13H2,2H3. The number of hydrogen-bond acceptors (Lipinski definition) is 3. The molecule has 3 nitrogen and oxygen atoms in total. The Balaban J connectivity index is 2.00. The van der Waals surface area contributed by atoms with Gasteiger partial charge in [0.25, 0.3) is 0 Å². The van der Waals surface area contributed by atoms with Crippen LogP contribution < -0.4 is 5.32 Å². The first kappa shape index (κ1) is 15.7. The number of ketones is 2. The zero-order valence-electron chi connectivity index (χ0n) is 12.6. The third-order valence-corrected chi connectivity index (χ3v) is 3.53. The molecule has 112 valence electrons. The maximum Gasteiger partial charge on any atom is 0.163 e. The van der Waals surface area contributed by atoms with E-state index in [0.717, 1.165) is 11.3 Å². The first-order valence-electron chi connectivity index (χ1n) is 7.21. The van der Waals surface area contributed by atoms with Crippen LogP contribution in [0.25, 0.3) is 5.57 Å². The molecule has 22 heavy (non-hydrogen) atoms. The molecule has 1 N–H and O–H groups in total. The van der Waals surface area contributed by atoms with Crippen molar-refractivity contribution in [2.24, 2.45) is 0 Å². The fourth-order valence-corrected chi connectivity index (χ4v) is 2.26. The average Bonchev–Trinajstić information content (AvgIpc) is 2.59. The van der Waals surface area contributed by atoms with Crippen LogP contribution in [0.1, 0.15) is 28.8 Å². The first-order chi connectivity index (χ1) is 10.6. The second-order valence-corrected chi connectivity index (χ2v) is 4.99. The van der Waals surface area contributed by atoms with Crippen molar-refractivity contribution in [1.82, 2.24) is 0 Å². The highest BCUT2D eigenvalue weighted by Gasteiger charge is 2.14. The van der Waals surface area contributed by atoms with Gasteiger partial charge >= 0.3 is 0 Å². The largest absolute Gasteiger partial charge is 0.388 e. The van der Waals surface area contributed by atoms with Crippen LogP contribution in [0.5, 0.6) is 0 Å². The fourth-order valence-electron chi connectivity index (χ4n) is 2.26. The van der Waals surface area contributed by atoms with Crippen LogP contribution >= 0.6 is 0 Å². The Morgan fingerprint density at radius 1 is 0.955 bits per heavy atom. The van der Waals surface area contributed by atoms with Gasteiger partial charge in [-0.3, -0.25) is 9.59 Å². The summed E-state index contributed by atoms with van der Waals surface area (Å²) < 4.78 is 0. The van der Waals surface area contributed by atoms with E-state index in [-0.39, 0.29) is 24.4 Å². The van der Waals surface area contributed by atoms with E-state index in [1.165, 1.54) is 0 Å². The number of carbonyl (C=O) groups is 2. The second kappa shape index (κ2) is 7.36. The third-order valence-electron chi connectivity index (χ3n) is 3.53. The van der Waals surface area contributed by atoms with Crippen LogP contribution in [0.15, 0.2) is 61.2 Å². The molecule has 0 saturated heterocycles. The molecule has 0 saturated carbocycles. The molecule has 0 radical (unpaired) electrons. The normalized spacial score (nSPS) is 10.0. The number of Topliss-reactive ketones (excluding diaryl/α,β-unsaturated/α-hetero) is 2. The predicted octanol–water partition coefficient (Wildman–Crippen LogP) is 3.97. The number of benzene rings is 2. The highest BCUT2D eigenvalue weighted by Crippen LogP contribution is 2.24. The summed E-state index contributed by atoms with van der Waals surface area (Å²) in [5.74, 6) is -0.129. The minimum Gasteiger partial charge on any atom is -0.388 e. The van der Waals surface area contributed by atoms with Gasteiger partial charge in [0.2, 0.25) is 0 Å². The molecule has 0 unspecified atom stereocenters. The molecule has 0 fully saturated rings. The van der Waals surface area contributed by atoms with E-state index < -0.39 is 0 Å². The van der Waals surface area contributed by atoms with Crippen molar-refractivity contribution in [3.63, 3.8) is 0 Å². The van der Waals surface area contributed by atoms with Gasteiger partial charge in [0.1, 0.15) is 0 Å². The van der Waals surface area contributed by atoms with E-state index >= 15 is 0 Å². The monoisotopic (exact) mass is 293 g/mol. The summed E-state index contributed by atoms with van der Waals surface area (Å²) in [5, 5.41) is 3.04. The number of nitrogens with one attached hydrogen (secondary N) is 1. The molecule has 0 atom stereocenters. The van der Waals surface area contributed by atoms with Gasteiger partial charge < -0.3 is 5.32 Å². The van der Waals surface area contributed by atoms with Crippen LogP contribution in [0.2, 0.25) is 0 Å². The zero-order valence-corrected chi connectivity index (χ0v) is 12.6. The Hall–Kier alpha value is -2.68. The number of anilines is 1. The Kier molecular flexibility index (Phi) is 5.26. The average molecular weight is 293 g/mol. The minimum absolute atomic E-state index is 0.0244. The Bertz CT molecular complexity index is 690. The quantitative estimate of drug-likeness (QED) is 0.620. The highest BCUT2D eigenvalue weighted by molar-refractivity contribution is 6.22. The molecule has 0 aliphatic heterocycles. The lowest BCUT2D eigenvalue weighted by molar-refractivity contribution is -0.113. The molecular formula is C19H19NO2. The van der Waals surface area contributed by atoms with Gasteiger partial charge in [-0.25, -0.2) is 0 Å². The first-order valence-corrected chi connectivity index (χ1v) is 7.21. The van der Waals surface area contributed by atoms with Crippen molar-refractivity contribution in [3.8, 4) is 0 Å². The van der Waals surface area contributed by atoms with Crippen molar-refractivity contribution < 1.29 is 9.59 Å². The smallest absolute Gasteiger partial charge is 0.163 e. The summed E-state index contributed by atoms with van der Waals surface area (Å²) in [6.45, 7) is 3.88. The summed E-state index contributed by atoms with van der Waals surface area (Å²) in [6, 6.07) is 16.5. The SMILES string of the molecule is C=C(C(=O)CCC(=O)c1ccccc1)c1ccccc1NC. The molecule has 2 aromatic carbocycles. The van der Waals surface area contributed by atoms with Gasteiger partial charge in [-0.05, 0) is 6.07 Å². The summed E-state index contributed by atoms with van der Waals surface area (Å²) in [4.78, 5) is 24.3. The van der Waals surface area contributed by atoms with Gasteiger partial charge in [-0.2, -0.15) is 0 Å². The lowest BCUT2D eigenvalue weighted by Gasteiger charge is -2.10. The van der Waals surface area contributed by atoms with Gasteiger partial charge in [-0.15, -0.1) is 0 Å². The topological polar surface area (TPSA) is 46.2 Å². The summed E-state index contributed by atoms with van der Waals surface area (Å²) in [6.07, 6.45) is 0.369. The molecule has 0 spiro atoms. The lowest BCUT2D eigenvalue weighted by Crippen LogP contribution is -2.07. The molecule has 0 aliphatic carbocycles. The number of allylic oxidation sites excluding steroid dienone is 1. The lowest BCUT2D eigenvalue weighted by atomic mass is 9.97. The zero-order chi connectivity index (χ0) is 15.9. The summed E-state index contributed by atoms with van der Waals surface area (Å²) in [5.41, 5.74) is 2.71. The predicted molar refractivity (Wildman–Crippen MR) is 90.0 cm³/mol. The Morgan fingerprint density at radius 2 is 1.59 bits per heavy atom. The van der Waals surface area contributed by atoms with Crippen LogP contribution in [-0.4, -0.2) is 18.6 Å². The minimum atomic E-state index is -0.105. The number of carbonyl (C=O) groups excluding carboxylic acids is 2. The van der Waals surface area contributed by atoms with Crippen molar-refractivity contribution in [3.05, 3.63) is 72.3 Å². The van der Waals surface area contributed by atoms with Crippen molar-refractivity contribution in [1.29, 1.82) is 0 Å². The maximum absolute atomic E-state index is 12.3. The number of rotatable bonds is 7. The van der Waals surface area contributed by atoms with E-state index in [1.54, 1.807) is 19.2 Å². The van der Waals surface area contributed by atoms with Crippen LogP contribution in [0.3, 0.4) is 0 Å². The van der Waals surface area contributed by atoms with Gasteiger partial charge in [0.05, 0.1) is 0 Å². The number of hydrogen-bond donors (Lipinski definition) is 1. The molecule has 0 aliphatic rings. The van der Waals surface area contributed by atoms with E-state index in [0.29, 0.717) is 11.1 Å². The van der Waals surface area contributed by atoms with Crippen LogP contribution in [-0.2, 0) is 4.79 Å². The molecule has 0 bridgehead atoms. The van der Waals surface area contributed by atoms with E-state index in [9.17, 15) is 9.59 Å². The molecule has 0 amide bonds. The maximum atomic E-state index is 12.3.